The first-order chi connectivity index (χ1) is 14.3. The summed E-state index contributed by atoms with van der Waals surface area (Å²) in [6.07, 6.45) is 0.430. The van der Waals surface area contributed by atoms with Gasteiger partial charge in [-0.05, 0) is 16.0 Å². The number of carbonyl (C=O) groups is 1. The number of morpholine rings is 1. The molecule has 29 heavy (non-hydrogen) atoms. The fourth-order valence-electron chi connectivity index (χ4n) is 3.83. The Bertz CT molecular complexity index is 768. The van der Waals surface area contributed by atoms with E-state index in [4.69, 9.17) is 4.74 Å². The molecule has 0 atom stereocenters. The summed E-state index contributed by atoms with van der Waals surface area (Å²) in [5, 5.41) is 12.0. The maximum Gasteiger partial charge on any atom is 0.224 e. The molecular weight excluding hydrogens is 370 g/mol. The molecule has 4 rings (SSSR count). The lowest BCUT2D eigenvalue weighted by atomic mass is 10.2. The summed E-state index contributed by atoms with van der Waals surface area (Å²) in [4.78, 5) is 19.3. The highest BCUT2D eigenvalue weighted by Crippen LogP contribution is 2.10. The average molecular weight is 399 g/mol. The van der Waals surface area contributed by atoms with E-state index in [1.54, 1.807) is 4.68 Å². The number of piperazine rings is 1. The van der Waals surface area contributed by atoms with Gasteiger partial charge in [0.1, 0.15) is 0 Å². The molecule has 0 N–H and O–H groups in total. The minimum absolute atomic E-state index is 0.178. The van der Waals surface area contributed by atoms with Crippen molar-refractivity contribution in [3.63, 3.8) is 0 Å². The van der Waals surface area contributed by atoms with Gasteiger partial charge in [0.25, 0.3) is 0 Å². The van der Waals surface area contributed by atoms with E-state index in [1.165, 1.54) is 5.56 Å². The molecule has 2 aromatic rings. The largest absolute Gasteiger partial charge is 0.379 e. The van der Waals surface area contributed by atoms with Crippen LogP contribution < -0.4 is 0 Å². The van der Waals surface area contributed by atoms with E-state index in [0.717, 1.165) is 64.9 Å². The summed E-state index contributed by atoms with van der Waals surface area (Å²) >= 11 is 0. The minimum atomic E-state index is 0.178. The van der Waals surface area contributed by atoms with Gasteiger partial charge in [0.2, 0.25) is 5.91 Å². The summed E-state index contributed by atoms with van der Waals surface area (Å²) in [6, 6.07) is 10.5. The van der Waals surface area contributed by atoms with Gasteiger partial charge >= 0.3 is 0 Å². The first kappa shape index (κ1) is 19.9. The molecule has 0 radical (unpaired) electrons. The van der Waals surface area contributed by atoms with Crippen LogP contribution in [0.5, 0.6) is 0 Å². The minimum Gasteiger partial charge on any atom is -0.379 e. The highest BCUT2D eigenvalue weighted by atomic mass is 16.5. The zero-order chi connectivity index (χ0) is 19.9. The van der Waals surface area contributed by atoms with E-state index in [9.17, 15) is 4.79 Å². The molecule has 9 heteroatoms. The second kappa shape index (κ2) is 9.91. The predicted octanol–water partition coefficient (Wildman–Crippen LogP) is 0.240. The summed E-state index contributed by atoms with van der Waals surface area (Å²) < 4.78 is 7.15. The Labute approximate surface area is 171 Å². The number of tetrazole rings is 1. The van der Waals surface area contributed by atoms with Crippen molar-refractivity contribution in [2.75, 3.05) is 52.5 Å². The van der Waals surface area contributed by atoms with E-state index in [1.807, 2.05) is 11.0 Å². The molecule has 0 aliphatic carbocycles. The number of nitrogens with zero attached hydrogens (tertiary/aromatic N) is 7. The standard InChI is InChI=1S/C20H29N7O2/c28-20(26-10-8-24(9-11-26)16-18-4-2-1-3-5-18)6-7-27-19(21-22-23-27)17-25-12-14-29-15-13-25/h1-5H,6-17H2. The molecule has 156 valence electrons. The molecule has 2 fully saturated rings. The molecule has 1 amide bonds. The van der Waals surface area contributed by atoms with Gasteiger partial charge in [-0.25, -0.2) is 4.68 Å². The molecule has 0 spiro atoms. The highest BCUT2D eigenvalue weighted by Gasteiger charge is 2.22. The SMILES string of the molecule is O=C(CCn1nnnc1CN1CCOCC1)N1CCN(Cc2ccccc2)CC1. The molecule has 1 aromatic carbocycles. The van der Waals surface area contributed by atoms with Crippen molar-refractivity contribution in [2.45, 2.75) is 26.1 Å². The Balaban J connectivity index is 1.21. The van der Waals surface area contributed by atoms with Crippen LogP contribution in [0.3, 0.4) is 0 Å². The lowest BCUT2D eigenvalue weighted by molar-refractivity contribution is -0.133. The smallest absolute Gasteiger partial charge is 0.224 e. The van der Waals surface area contributed by atoms with Crippen molar-refractivity contribution in [1.29, 1.82) is 0 Å². The van der Waals surface area contributed by atoms with Crippen LogP contribution in [0.15, 0.2) is 30.3 Å². The number of hydrogen-bond donors (Lipinski definition) is 0. The second-order valence-corrected chi connectivity index (χ2v) is 7.60. The number of aryl methyl sites for hydroxylation is 1. The number of carbonyl (C=O) groups excluding carboxylic acids is 1. The fourth-order valence-corrected chi connectivity index (χ4v) is 3.83. The van der Waals surface area contributed by atoms with Crippen molar-refractivity contribution >= 4 is 5.91 Å². The Morgan fingerprint density at radius 2 is 1.66 bits per heavy atom. The van der Waals surface area contributed by atoms with Gasteiger partial charge in [-0.2, -0.15) is 0 Å². The number of aromatic nitrogens is 4. The molecule has 0 unspecified atom stereocenters. The highest BCUT2D eigenvalue weighted by molar-refractivity contribution is 5.76. The molecule has 0 bridgehead atoms. The van der Waals surface area contributed by atoms with Crippen molar-refractivity contribution < 1.29 is 9.53 Å². The van der Waals surface area contributed by atoms with Gasteiger partial charge in [0, 0.05) is 52.2 Å². The quantitative estimate of drug-likeness (QED) is 0.660. The summed E-state index contributed by atoms with van der Waals surface area (Å²) in [6.45, 7) is 8.81. The molecular formula is C20H29N7O2. The molecule has 3 heterocycles. The van der Waals surface area contributed by atoms with Crippen LogP contribution in [0.4, 0.5) is 0 Å². The van der Waals surface area contributed by atoms with Crippen molar-refractivity contribution in [1.82, 2.24) is 34.9 Å². The van der Waals surface area contributed by atoms with E-state index < -0.39 is 0 Å². The zero-order valence-corrected chi connectivity index (χ0v) is 16.8. The predicted molar refractivity (Wildman–Crippen MR) is 107 cm³/mol. The maximum absolute atomic E-state index is 12.7. The van der Waals surface area contributed by atoms with Crippen LogP contribution in [0.1, 0.15) is 17.8 Å². The van der Waals surface area contributed by atoms with Crippen molar-refractivity contribution in [2.24, 2.45) is 0 Å². The first-order valence-corrected chi connectivity index (χ1v) is 10.4. The van der Waals surface area contributed by atoms with Crippen LogP contribution in [0, 0.1) is 0 Å². The summed E-state index contributed by atoms with van der Waals surface area (Å²) in [5.41, 5.74) is 1.32. The lowest BCUT2D eigenvalue weighted by Gasteiger charge is -2.34. The van der Waals surface area contributed by atoms with Gasteiger partial charge < -0.3 is 9.64 Å². The normalized spacial score (nSPS) is 18.8. The molecule has 2 saturated heterocycles. The van der Waals surface area contributed by atoms with Gasteiger partial charge in [-0.3, -0.25) is 14.6 Å². The molecule has 0 saturated carbocycles. The number of benzene rings is 1. The van der Waals surface area contributed by atoms with Crippen LogP contribution in [0.25, 0.3) is 0 Å². The maximum atomic E-state index is 12.7. The summed E-state index contributed by atoms with van der Waals surface area (Å²) in [7, 11) is 0. The summed E-state index contributed by atoms with van der Waals surface area (Å²) in [5.74, 6) is 0.990. The third-order valence-corrected chi connectivity index (χ3v) is 5.59. The van der Waals surface area contributed by atoms with Crippen LogP contribution in [0.2, 0.25) is 0 Å². The number of ether oxygens (including phenoxy) is 1. The Kier molecular flexibility index (Phi) is 6.81. The Hall–Kier alpha value is -2.36. The van der Waals surface area contributed by atoms with Gasteiger partial charge in [0.05, 0.1) is 26.3 Å². The van der Waals surface area contributed by atoms with E-state index in [0.29, 0.717) is 19.5 Å². The Morgan fingerprint density at radius 3 is 2.41 bits per heavy atom. The van der Waals surface area contributed by atoms with Gasteiger partial charge in [-0.1, -0.05) is 30.3 Å². The van der Waals surface area contributed by atoms with Crippen molar-refractivity contribution in [3.8, 4) is 0 Å². The van der Waals surface area contributed by atoms with Crippen LogP contribution in [-0.4, -0.2) is 93.3 Å². The van der Waals surface area contributed by atoms with Crippen LogP contribution >= 0.6 is 0 Å². The van der Waals surface area contributed by atoms with Crippen LogP contribution in [-0.2, 0) is 29.2 Å². The van der Waals surface area contributed by atoms with E-state index in [-0.39, 0.29) is 5.91 Å². The average Bonchev–Trinajstić information content (AvgIpc) is 3.21. The van der Waals surface area contributed by atoms with Gasteiger partial charge in [-0.15, -0.1) is 5.10 Å². The molecule has 9 nitrogen and oxygen atoms in total. The number of rotatable bonds is 7. The first-order valence-electron chi connectivity index (χ1n) is 10.4. The fraction of sp³-hybridized carbons (Fsp3) is 0.600. The second-order valence-electron chi connectivity index (χ2n) is 7.60. The zero-order valence-electron chi connectivity index (χ0n) is 16.8. The Morgan fingerprint density at radius 1 is 0.931 bits per heavy atom. The third kappa shape index (κ3) is 5.59. The van der Waals surface area contributed by atoms with E-state index in [2.05, 4.69) is 49.6 Å². The third-order valence-electron chi connectivity index (χ3n) is 5.59. The topological polar surface area (TPSA) is 79.6 Å². The van der Waals surface area contributed by atoms with E-state index >= 15 is 0 Å². The molecule has 2 aliphatic rings. The molecule has 1 aromatic heterocycles. The monoisotopic (exact) mass is 399 g/mol. The van der Waals surface area contributed by atoms with Crippen molar-refractivity contribution in [3.05, 3.63) is 41.7 Å². The lowest BCUT2D eigenvalue weighted by Crippen LogP contribution is -2.48. The number of hydrogen-bond acceptors (Lipinski definition) is 7. The number of amides is 1. The van der Waals surface area contributed by atoms with Gasteiger partial charge in [0.15, 0.2) is 5.82 Å². The molecule has 2 aliphatic heterocycles.